The van der Waals surface area contributed by atoms with Gasteiger partial charge in [0.1, 0.15) is 0 Å². The minimum atomic E-state index is -0.250. The first-order valence-electron chi connectivity index (χ1n) is 6.33. The average molecular weight is 353 g/mol. The van der Waals surface area contributed by atoms with Crippen LogP contribution in [0.5, 0.6) is 0 Å². The smallest absolute Gasteiger partial charge is 0.224 e. The van der Waals surface area contributed by atoms with Crippen molar-refractivity contribution < 1.29 is 4.79 Å². The van der Waals surface area contributed by atoms with Crippen molar-refractivity contribution in [2.75, 3.05) is 7.05 Å². The monoisotopic (exact) mass is 352 g/mol. The molecule has 1 atom stereocenters. The summed E-state index contributed by atoms with van der Waals surface area (Å²) in [4.78, 5) is 13.9. The molecular formula is C15H17BrN2OS. The Hall–Kier alpha value is -1.17. The second-order valence-corrected chi connectivity index (χ2v) is 7.02. The minimum Gasteiger partial charge on any atom is -0.341 e. The van der Waals surface area contributed by atoms with Crippen LogP contribution in [0.1, 0.15) is 23.6 Å². The van der Waals surface area contributed by atoms with Crippen molar-refractivity contribution in [1.82, 2.24) is 4.90 Å². The number of amides is 1. The summed E-state index contributed by atoms with van der Waals surface area (Å²) in [6.45, 7) is 0.614. The highest BCUT2D eigenvalue weighted by atomic mass is 79.9. The fourth-order valence-electron chi connectivity index (χ4n) is 1.95. The molecule has 0 fully saturated rings. The predicted molar refractivity (Wildman–Crippen MR) is 86.5 cm³/mol. The van der Waals surface area contributed by atoms with E-state index in [1.807, 2.05) is 48.8 Å². The average Bonchev–Trinajstić information content (AvgIpc) is 2.85. The molecule has 0 saturated heterocycles. The molecule has 0 radical (unpaired) electrons. The van der Waals surface area contributed by atoms with Gasteiger partial charge in [-0.3, -0.25) is 4.79 Å². The topological polar surface area (TPSA) is 46.3 Å². The van der Waals surface area contributed by atoms with Crippen LogP contribution < -0.4 is 5.73 Å². The lowest BCUT2D eigenvalue weighted by Crippen LogP contribution is -2.29. The summed E-state index contributed by atoms with van der Waals surface area (Å²) in [5.74, 6) is 0.0590. The molecule has 1 aromatic heterocycles. The van der Waals surface area contributed by atoms with Gasteiger partial charge >= 0.3 is 0 Å². The molecule has 3 nitrogen and oxygen atoms in total. The molecule has 2 aromatic rings. The molecule has 2 rings (SSSR count). The molecule has 5 heteroatoms. The zero-order chi connectivity index (χ0) is 14.5. The van der Waals surface area contributed by atoms with E-state index in [1.165, 1.54) is 0 Å². The second-order valence-electron chi connectivity index (χ2n) is 4.73. The third kappa shape index (κ3) is 4.16. The Morgan fingerprint density at radius 1 is 1.40 bits per heavy atom. The van der Waals surface area contributed by atoms with Gasteiger partial charge in [-0.2, -0.15) is 0 Å². The van der Waals surface area contributed by atoms with Crippen LogP contribution in [0.25, 0.3) is 0 Å². The van der Waals surface area contributed by atoms with E-state index < -0.39 is 0 Å². The normalized spacial score (nSPS) is 12.2. The second kappa shape index (κ2) is 7.02. The zero-order valence-corrected chi connectivity index (χ0v) is 13.7. The third-order valence-corrected chi connectivity index (χ3v) is 4.64. The van der Waals surface area contributed by atoms with Crippen molar-refractivity contribution in [3.8, 4) is 0 Å². The minimum absolute atomic E-state index is 0.0590. The Balaban J connectivity index is 1.91. The number of carbonyl (C=O) groups excluding carboxylic acids is 1. The molecule has 1 amide bonds. The Morgan fingerprint density at radius 3 is 2.70 bits per heavy atom. The Kier molecular flexibility index (Phi) is 5.34. The fraction of sp³-hybridized carbons (Fsp3) is 0.267. The molecule has 1 unspecified atom stereocenters. The van der Waals surface area contributed by atoms with Crippen molar-refractivity contribution in [3.05, 3.63) is 56.7 Å². The number of thiophene rings is 1. The van der Waals surface area contributed by atoms with Gasteiger partial charge in [0.15, 0.2) is 0 Å². The molecule has 1 heterocycles. The standard InChI is InChI=1S/C15H17BrN2OS/c1-18(9-11-7-14(16)20-10-11)15(19)8-13(17)12-5-3-2-4-6-12/h2-7,10,13H,8-9,17H2,1H3. The lowest BCUT2D eigenvalue weighted by atomic mass is 10.0. The molecule has 0 bridgehead atoms. The predicted octanol–water partition coefficient (Wildman–Crippen LogP) is 3.56. The summed E-state index contributed by atoms with van der Waals surface area (Å²) < 4.78 is 1.08. The molecule has 20 heavy (non-hydrogen) atoms. The molecule has 0 aliphatic heterocycles. The number of rotatable bonds is 5. The maximum absolute atomic E-state index is 12.2. The molecule has 0 saturated carbocycles. The summed E-state index contributed by atoms with van der Waals surface area (Å²) in [5, 5.41) is 2.05. The fourth-order valence-corrected chi connectivity index (χ4v) is 3.15. The van der Waals surface area contributed by atoms with E-state index in [2.05, 4.69) is 15.9 Å². The Bertz CT molecular complexity index is 570. The van der Waals surface area contributed by atoms with Crippen LogP contribution in [-0.4, -0.2) is 17.9 Å². The highest BCUT2D eigenvalue weighted by molar-refractivity contribution is 9.11. The Morgan fingerprint density at radius 2 is 2.10 bits per heavy atom. The van der Waals surface area contributed by atoms with Gasteiger partial charge in [0, 0.05) is 26.1 Å². The van der Waals surface area contributed by atoms with Crippen LogP contribution in [-0.2, 0) is 11.3 Å². The lowest BCUT2D eigenvalue weighted by Gasteiger charge is -2.19. The molecule has 1 aromatic carbocycles. The summed E-state index contributed by atoms with van der Waals surface area (Å²) in [7, 11) is 1.81. The quantitative estimate of drug-likeness (QED) is 0.893. The molecule has 106 valence electrons. The van der Waals surface area contributed by atoms with Crippen molar-refractivity contribution in [3.63, 3.8) is 0 Å². The molecule has 0 spiro atoms. The van der Waals surface area contributed by atoms with Crippen LogP contribution >= 0.6 is 27.3 Å². The van der Waals surface area contributed by atoms with Crippen LogP contribution in [0.4, 0.5) is 0 Å². The van der Waals surface area contributed by atoms with E-state index in [1.54, 1.807) is 16.2 Å². The summed E-state index contributed by atoms with van der Waals surface area (Å²) >= 11 is 5.05. The maximum atomic E-state index is 12.2. The van der Waals surface area contributed by atoms with E-state index in [0.717, 1.165) is 14.9 Å². The van der Waals surface area contributed by atoms with Gasteiger partial charge in [0.2, 0.25) is 5.91 Å². The molecular weight excluding hydrogens is 336 g/mol. The Labute approximate surface area is 131 Å². The lowest BCUT2D eigenvalue weighted by molar-refractivity contribution is -0.130. The number of nitrogens with zero attached hydrogens (tertiary/aromatic N) is 1. The zero-order valence-electron chi connectivity index (χ0n) is 11.3. The molecule has 0 aliphatic rings. The van der Waals surface area contributed by atoms with Gasteiger partial charge < -0.3 is 10.6 Å². The van der Waals surface area contributed by atoms with Gasteiger partial charge in [-0.1, -0.05) is 30.3 Å². The van der Waals surface area contributed by atoms with Crippen LogP contribution in [0.2, 0.25) is 0 Å². The van der Waals surface area contributed by atoms with E-state index in [-0.39, 0.29) is 11.9 Å². The largest absolute Gasteiger partial charge is 0.341 e. The van der Waals surface area contributed by atoms with Gasteiger partial charge in [-0.05, 0) is 38.5 Å². The van der Waals surface area contributed by atoms with E-state index in [4.69, 9.17) is 5.73 Å². The van der Waals surface area contributed by atoms with Crippen molar-refractivity contribution in [1.29, 1.82) is 0 Å². The summed E-state index contributed by atoms with van der Waals surface area (Å²) in [6, 6.07) is 11.5. The van der Waals surface area contributed by atoms with E-state index >= 15 is 0 Å². The SMILES string of the molecule is CN(Cc1csc(Br)c1)C(=O)CC(N)c1ccccc1. The van der Waals surface area contributed by atoms with Crippen molar-refractivity contribution in [2.45, 2.75) is 19.0 Å². The van der Waals surface area contributed by atoms with Crippen LogP contribution in [0.3, 0.4) is 0 Å². The number of nitrogens with two attached hydrogens (primary N) is 1. The number of halogens is 1. The van der Waals surface area contributed by atoms with E-state index in [0.29, 0.717) is 13.0 Å². The first-order chi connectivity index (χ1) is 9.56. The summed E-state index contributed by atoms with van der Waals surface area (Å²) in [5.41, 5.74) is 8.20. The number of hydrogen-bond donors (Lipinski definition) is 1. The van der Waals surface area contributed by atoms with Gasteiger partial charge in [0.05, 0.1) is 3.79 Å². The number of carbonyl (C=O) groups is 1. The van der Waals surface area contributed by atoms with Crippen molar-refractivity contribution in [2.24, 2.45) is 5.73 Å². The molecule has 2 N–H and O–H groups in total. The van der Waals surface area contributed by atoms with Gasteiger partial charge in [-0.15, -0.1) is 11.3 Å². The number of hydrogen-bond acceptors (Lipinski definition) is 3. The summed E-state index contributed by atoms with van der Waals surface area (Å²) in [6.07, 6.45) is 0.325. The van der Waals surface area contributed by atoms with E-state index in [9.17, 15) is 4.79 Å². The number of benzene rings is 1. The molecule has 0 aliphatic carbocycles. The van der Waals surface area contributed by atoms with Crippen LogP contribution in [0, 0.1) is 0 Å². The van der Waals surface area contributed by atoms with Gasteiger partial charge in [-0.25, -0.2) is 0 Å². The third-order valence-electron chi connectivity index (χ3n) is 3.09. The first-order valence-corrected chi connectivity index (χ1v) is 8.01. The maximum Gasteiger partial charge on any atom is 0.224 e. The van der Waals surface area contributed by atoms with Crippen LogP contribution in [0.15, 0.2) is 45.6 Å². The highest BCUT2D eigenvalue weighted by Crippen LogP contribution is 2.22. The van der Waals surface area contributed by atoms with Crippen molar-refractivity contribution >= 4 is 33.2 Å². The first kappa shape index (κ1) is 15.2. The highest BCUT2D eigenvalue weighted by Gasteiger charge is 2.15. The van der Waals surface area contributed by atoms with Gasteiger partial charge in [0.25, 0.3) is 0 Å².